The normalized spacial score (nSPS) is 13.7. The van der Waals surface area contributed by atoms with Crippen LogP contribution in [0.2, 0.25) is 0 Å². The van der Waals surface area contributed by atoms with Gasteiger partial charge < -0.3 is 0 Å². The van der Waals surface area contributed by atoms with Crippen molar-refractivity contribution in [3.8, 4) is 0 Å². The number of ketones is 1. The Bertz CT molecular complexity index is 699. The molecule has 0 N–H and O–H groups in total. The number of carbonyl (C=O) groups excluding carboxylic acids is 1. The third-order valence-electron chi connectivity index (χ3n) is 2.93. The van der Waals surface area contributed by atoms with E-state index in [2.05, 4.69) is 0 Å². The van der Waals surface area contributed by atoms with E-state index in [-0.39, 0.29) is 10.5 Å². The van der Waals surface area contributed by atoms with Crippen LogP contribution in [0.4, 0.5) is 13.2 Å². The number of benzene rings is 2. The Morgan fingerprint density at radius 3 is 2.19 bits per heavy atom. The minimum absolute atomic E-state index is 0.161. The molecule has 2 aromatic carbocycles. The van der Waals surface area contributed by atoms with E-state index in [1.54, 1.807) is 0 Å². The summed E-state index contributed by atoms with van der Waals surface area (Å²) in [5.74, 6) is -2.61. The standard InChI is InChI=1S/C15H11F3O2S/c1-9(15(19)10-2-4-11(16)5-3-10)21(20)14-8-12(17)6-7-13(14)18/h2-9H,1H3. The van der Waals surface area contributed by atoms with E-state index < -0.39 is 39.3 Å². The molecule has 0 aliphatic carbocycles. The molecule has 0 spiro atoms. The van der Waals surface area contributed by atoms with E-state index in [0.717, 1.165) is 30.3 Å². The van der Waals surface area contributed by atoms with Gasteiger partial charge in [0.1, 0.15) is 17.5 Å². The van der Waals surface area contributed by atoms with Crippen molar-refractivity contribution in [2.45, 2.75) is 17.1 Å². The molecule has 0 aliphatic rings. The fraction of sp³-hybridized carbons (Fsp3) is 0.133. The zero-order valence-corrected chi connectivity index (χ0v) is 11.8. The van der Waals surface area contributed by atoms with Crippen molar-refractivity contribution in [2.24, 2.45) is 0 Å². The van der Waals surface area contributed by atoms with Gasteiger partial charge in [0, 0.05) is 5.56 Å². The molecule has 2 rings (SSSR count). The van der Waals surface area contributed by atoms with Crippen molar-refractivity contribution in [1.29, 1.82) is 0 Å². The highest BCUT2D eigenvalue weighted by Crippen LogP contribution is 2.19. The van der Waals surface area contributed by atoms with Gasteiger partial charge in [0.15, 0.2) is 5.78 Å². The first-order valence-electron chi connectivity index (χ1n) is 6.05. The lowest BCUT2D eigenvalue weighted by Crippen LogP contribution is -2.23. The second-order valence-electron chi connectivity index (χ2n) is 4.39. The molecule has 0 bridgehead atoms. The van der Waals surface area contributed by atoms with Gasteiger partial charge in [-0.1, -0.05) is 0 Å². The van der Waals surface area contributed by atoms with Gasteiger partial charge in [-0.3, -0.25) is 9.00 Å². The smallest absolute Gasteiger partial charge is 0.178 e. The van der Waals surface area contributed by atoms with Crippen LogP contribution >= 0.6 is 0 Å². The average Bonchev–Trinajstić information content (AvgIpc) is 2.48. The van der Waals surface area contributed by atoms with Crippen molar-refractivity contribution in [2.75, 3.05) is 0 Å². The molecule has 2 atom stereocenters. The van der Waals surface area contributed by atoms with Crippen LogP contribution in [0.5, 0.6) is 0 Å². The molecule has 6 heteroatoms. The molecule has 0 heterocycles. The molecule has 0 saturated carbocycles. The van der Waals surface area contributed by atoms with Crippen LogP contribution in [0.3, 0.4) is 0 Å². The Labute approximate surface area is 122 Å². The summed E-state index contributed by atoms with van der Waals surface area (Å²) in [5, 5.41) is -1.08. The predicted octanol–water partition coefficient (Wildman–Crippen LogP) is 3.48. The van der Waals surface area contributed by atoms with Gasteiger partial charge in [-0.15, -0.1) is 0 Å². The van der Waals surface area contributed by atoms with Crippen molar-refractivity contribution < 1.29 is 22.2 Å². The summed E-state index contributed by atoms with van der Waals surface area (Å²) in [5.41, 5.74) is 0.161. The van der Waals surface area contributed by atoms with E-state index in [9.17, 15) is 22.2 Å². The molecule has 2 unspecified atom stereocenters. The van der Waals surface area contributed by atoms with Crippen molar-refractivity contribution >= 4 is 16.6 Å². The topological polar surface area (TPSA) is 34.1 Å². The first-order chi connectivity index (χ1) is 9.90. The minimum atomic E-state index is -2.04. The summed E-state index contributed by atoms with van der Waals surface area (Å²) < 4.78 is 51.7. The third kappa shape index (κ3) is 3.39. The summed E-state index contributed by atoms with van der Waals surface area (Å²) >= 11 is 0. The van der Waals surface area contributed by atoms with E-state index in [1.807, 2.05) is 0 Å². The third-order valence-corrected chi connectivity index (χ3v) is 4.53. The lowest BCUT2D eigenvalue weighted by molar-refractivity contribution is 0.0992. The van der Waals surface area contributed by atoms with Gasteiger partial charge in [-0.05, 0) is 49.4 Å². The maximum atomic E-state index is 13.6. The summed E-state index contributed by atoms with van der Waals surface area (Å²) in [7, 11) is -2.04. The van der Waals surface area contributed by atoms with Gasteiger partial charge in [0.05, 0.1) is 20.9 Å². The Morgan fingerprint density at radius 1 is 1.00 bits per heavy atom. The van der Waals surface area contributed by atoms with Crippen molar-refractivity contribution in [3.05, 3.63) is 65.5 Å². The van der Waals surface area contributed by atoms with Crippen LogP contribution in [0, 0.1) is 17.5 Å². The molecule has 0 amide bonds. The quantitative estimate of drug-likeness (QED) is 0.810. The van der Waals surface area contributed by atoms with Crippen molar-refractivity contribution in [1.82, 2.24) is 0 Å². The second-order valence-corrected chi connectivity index (χ2v) is 6.13. The molecule has 0 fully saturated rings. The van der Waals surface area contributed by atoms with Crippen molar-refractivity contribution in [3.63, 3.8) is 0 Å². The first kappa shape index (κ1) is 15.4. The lowest BCUT2D eigenvalue weighted by Gasteiger charge is -2.11. The monoisotopic (exact) mass is 312 g/mol. The maximum absolute atomic E-state index is 13.6. The fourth-order valence-electron chi connectivity index (χ4n) is 1.77. The molecule has 0 aromatic heterocycles. The van der Waals surface area contributed by atoms with Crippen LogP contribution in [-0.2, 0) is 10.8 Å². The number of halogens is 3. The molecule has 21 heavy (non-hydrogen) atoms. The molecule has 0 saturated heterocycles. The Morgan fingerprint density at radius 2 is 1.57 bits per heavy atom. The first-order valence-corrected chi connectivity index (χ1v) is 7.27. The van der Waals surface area contributed by atoms with Gasteiger partial charge in [0.2, 0.25) is 0 Å². The Balaban J connectivity index is 2.28. The average molecular weight is 312 g/mol. The van der Waals surface area contributed by atoms with Crippen LogP contribution in [0.25, 0.3) is 0 Å². The summed E-state index contributed by atoms with van der Waals surface area (Å²) in [6.07, 6.45) is 0. The molecule has 0 radical (unpaired) electrons. The molecule has 110 valence electrons. The molecule has 2 nitrogen and oxygen atoms in total. The highest BCUT2D eigenvalue weighted by molar-refractivity contribution is 7.86. The molecular weight excluding hydrogens is 301 g/mol. The Hall–Kier alpha value is -1.95. The highest BCUT2D eigenvalue weighted by Gasteiger charge is 2.25. The zero-order chi connectivity index (χ0) is 15.6. The van der Waals surface area contributed by atoms with E-state index in [4.69, 9.17) is 0 Å². The van der Waals surface area contributed by atoms with Gasteiger partial charge in [-0.2, -0.15) is 0 Å². The van der Waals surface area contributed by atoms with E-state index in [1.165, 1.54) is 19.1 Å². The number of Topliss-reactive ketones (excluding diaryl/α,β-unsaturated/α-hetero) is 1. The molecular formula is C15H11F3O2S. The summed E-state index contributed by atoms with van der Waals surface area (Å²) in [4.78, 5) is 11.8. The zero-order valence-electron chi connectivity index (χ0n) is 11.0. The van der Waals surface area contributed by atoms with Crippen LogP contribution in [-0.4, -0.2) is 15.2 Å². The summed E-state index contributed by atoms with van der Waals surface area (Å²) in [6.45, 7) is 1.35. The van der Waals surface area contributed by atoms with Gasteiger partial charge in [0.25, 0.3) is 0 Å². The van der Waals surface area contributed by atoms with Crippen LogP contribution in [0.1, 0.15) is 17.3 Å². The number of hydrogen-bond acceptors (Lipinski definition) is 2. The van der Waals surface area contributed by atoms with E-state index in [0.29, 0.717) is 0 Å². The highest BCUT2D eigenvalue weighted by atomic mass is 32.2. The van der Waals surface area contributed by atoms with Gasteiger partial charge >= 0.3 is 0 Å². The van der Waals surface area contributed by atoms with E-state index >= 15 is 0 Å². The number of hydrogen-bond donors (Lipinski definition) is 0. The van der Waals surface area contributed by atoms with Crippen LogP contribution < -0.4 is 0 Å². The minimum Gasteiger partial charge on any atom is -0.293 e. The number of rotatable bonds is 4. The largest absolute Gasteiger partial charge is 0.293 e. The molecule has 2 aromatic rings. The predicted molar refractivity (Wildman–Crippen MR) is 73.0 cm³/mol. The second kappa shape index (κ2) is 6.22. The maximum Gasteiger partial charge on any atom is 0.178 e. The lowest BCUT2D eigenvalue weighted by atomic mass is 10.1. The van der Waals surface area contributed by atoms with Crippen LogP contribution in [0.15, 0.2) is 47.4 Å². The Kier molecular flexibility index (Phi) is 4.57. The molecule has 0 aliphatic heterocycles. The van der Waals surface area contributed by atoms with Gasteiger partial charge in [-0.25, -0.2) is 13.2 Å². The summed E-state index contributed by atoms with van der Waals surface area (Å²) in [6, 6.07) is 7.29. The SMILES string of the molecule is CC(C(=O)c1ccc(F)cc1)S(=O)c1cc(F)ccc1F. The number of carbonyl (C=O) groups is 1. The fourth-order valence-corrected chi connectivity index (χ4v) is 2.97.